The Kier molecular flexibility index (Phi) is 3.00. The number of carbonyl (C=O) groups is 1. The molecule has 6 heteroatoms. The first-order valence-corrected chi connectivity index (χ1v) is 6.11. The van der Waals surface area contributed by atoms with Gasteiger partial charge in [0, 0.05) is 29.1 Å². The van der Waals surface area contributed by atoms with Gasteiger partial charge in [-0.3, -0.25) is 4.79 Å². The average molecular weight is 332 g/mol. The Morgan fingerprint density at radius 2 is 2.19 bits per heavy atom. The van der Waals surface area contributed by atoms with Crippen LogP contribution in [0.15, 0.2) is 12.4 Å². The first-order valence-electron chi connectivity index (χ1n) is 5.04. The molecule has 0 radical (unpaired) electrons. The Balaban J connectivity index is 2.15. The van der Waals surface area contributed by atoms with Gasteiger partial charge in [-0.1, -0.05) is 0 Å². The minimum Gasteiger partial charge on any atom is -0.369 e. The molecule has 1 fully saturated rings. The van der Waals surface area contributed by atoms with E-state index in [0.29, 0.717) is 12.5 Å². The van der Waals surface area contributed by atoms with E-state index >= 15 is 0 Å². The first kappa shape index (κ1) is 11.6. The minimum absolute atomic E-state index is 0.250. The molecule has 1 aliphatic heterocycles. The van der Waals surface area contributed by atoms with Gasteiger partial charge in [0.15, 0.2) is 0 Å². The van der Waals surface area contributed by atoms with Crippen molar-refractivity contribution in [2.75, 3.05) is 18.0 Å². The van der Waals surface area contributed by atoms with Crippen LogP contribution >= 0.6 is 22.6 Å². The van der Waals surface area contributed by atoms with Crippen molar-refractivity contribution < 1.29 is 4.79 Å². The largest absolute Gasteiger partial charge is 0.369 e. The third-order valence-electron chi connectivity index (χ3n) is 2.96. The summed E-state index contributed by atoms with van der Waals surface area (Å²) in [6.45, 7) is 3.27. The van der Waals surface area contributed by atoms with Crippen molar-refractivity contribution in [1.29, 1.82) is 0 Å². The summed E-state index contributed by atoms with van der Waals surface area (Å²) in [7, 11) is 0. The maximum absolute atomic E-state index is 11.3. The molecule has 1 aromatic rings. The minimum atomic E-state index is -0.452. The van der Waals surface area contributed by atoms with E-state index in [-0.39, 0.29) is 5.91 Å². The molecule has 0 saturated carbocycles. The number of hydrogen-bond donors (Lipinski definition) is 1. The summed E-state index contributed by atoms with van der Waals surface area (Å²) in [5, 5.41) is 0. The molecule has 2 N–H and O–H groups in total. The molecule has 1 aliphatic rings. The molecule has 5 nitrogen and oxygen atoms in total. The Morgan fingerprint density at radius 3 is 2.69 bits per heavy atom. The van der Waals surface area contributed by atoms with E-state index in [2.05, 4.69) is 32.6 Å². The van der Waals surface area contributed by atoms with E-state index in [1.165, 1.54) is 0 Å². The molecule has 0 bridgehead atoms. The van der Waals surface area contributed by atoms with Crippen LogP contribution in [0.3, 0.4) is 0 Å². The van der Waals surface area contributed by atoms with E-state index in [9.17, 15) is 4.79 Å². The number of rotatable bonds is 2. The molecule has 0 aliphatic carbocycles. The number of nitrogens with two attached hydrogens (primary N) is 1. The lowest BCUT2D eigenvalue weighted by molar-refractivity contribution is -0.125. The molecule has 2 heterocycles. The zero-order valence-corrected chi connectivity index (χ0v) is 11.1. The van der Waals surface area contributed by atoms with Crippen LogP contribution in [0.4, 0.5) is 5.95 Å². The van der Waals surface area contributed by atoms with Gasteiger partial charge in [-0.05, 0) is 35.9 Å². The zero-order chi connectivity index (χ0) is 11.8. The van der Waals surface area contributed by atoms with Crippen molar-refractivity contribution in [2.45, 2.75) is 13.3 Å². The SMILES string of the molecule is CC1(C(N)=O)CCN(c2ncc(I)cn2)C1. The van der Waals surface area contributed by atoms with Crippen molar-refractivity contribution in [2.24, 2.45) is 11.1 Å². The number of carbonyl (C=O) groups excluding carboxylic acids is 1. The standard InChI is InChI=1S/C10H13IN4O/c1-10(8(12)16)2-3-15(6-10)9-13-4-7(11)5-14-9/h4-5H,2-3,6H2,1H3,(H2,12,16). The second-order valence-electron chi connectivity index (χ2n) is 4.30. The number of primary amides is 1. The molecular formula is C10H13IN4O. The van der Waals surface area contributed by atoms with Gasteiger partial charge in [0.1, 0.15) is 0 Å². The highest BCUT2D eigenvalue weighted by Crippen LogP contribution is 2.31. The van der Waals surface area contributed by atoms with Crippen LogP contribution in [-0.4, -0.2) is 29.0 Å². The summed E-state index contributed by atoms with van der Waals surface area (Å²) < 4.78 is 0.998. The maximum atomic E-state index is 11.3. The van der Waals surface area contributed by atoms with E-state index in [0.717, 1.165) is 16.5 Å². The Bertz CT molecular complexity index is 408. The lowest BCUT2D eigenvalue weighted by Crippen LogP contribution is -2.37. The highest BCUT2D eigenvalue weighted by atomic mass is 127. The van der Waals surface area contributed by atoms with Crippen LogP contribution in [0, 0.1) is 8.99 Å². The fourth-order valence-electron chi connectivity index (χ4n) is 1.80. The van der Waals surface area contributed by atoms with Crippen LogP contribution in [-0.2, 0) is 4.79 Å². The fraction of sp³-hybridized carbons (Fsp3) is 0.500. The van der Waals surface area contributed by atoms with Crippen LogP contribution in [0.25, 0.3) is 0 Å². The molecule has 0 aromatic carbocycles. The number of nitrogens with zero attached hydrogens (tertiary/aromatic N) is 3. The van der Waals surface area contributed by atoms with E-state index < -0.39 is 5.41 Å². The normalized spacial score (nSPS) is 24.8. The molecule has 1 atom stereocenters. The Morgan fingerprint density at radius 1 is 1.56 bits per heavy atom. The lowest BCUT2D eigenvalue weighted by Gasteiger charge is -2.20. The first-order chi connectivity index (χ1) is 7.51. The molecule has 1 saturated heterocycles. The van der Waals surface area contributed by atoms with Gasteiger partial charge in [0.2, 0.25) is 11.9 Å². The quantitative estimate of drug-likeness (QED) is 0.813. The maximum Gasteiger partial charge on any atom is 0.225 e. The van der Waals surface area contributed by atoms with Crippen molar-refractivity contribution in [3.8, 4) is 0 Å². The fourth-order valence-corrected chi connectivity index (χ4v) is 2.08. The number of hydrogen-bond acceptors (Lipinski definition) is 4. The van der Waals surface area contributed by atoms with Crippen molar-refractivity contribution in [3.63, 3.8) is 0 Å². The van der Waals surface area contributed by atoms with Crippen LogP contribution in [0.1, 0.15) is 13.3 Å². The highest BCUT2D eigenvalue weighted by Gasteiger charge is 2.39. The van der Waals surface area contributed by atoms with Crippen molar-refractivity contribution in [1.82, 2.24) is 9.97 Å². The van der Waals surface area contributed by atoms with Crippen LogP contribution in [0.5, 0.6) is 0 Å². The van der Waals surface area contributed by atoms with E-state index in [1.54, 1.807) is 12.4 Å². The zero-order valence-electron chi connectivity index (χ0n) is 8.98. The molecule has 1 amide bonds. The van der Waals surface area contributed by atoms with Gasteiger partial charge >= 0.3 is 0 Å². The van der Waals surface area contributed by atoms with E-state index in [4.69, 9.17) is 5.73 Å². The number of halogens is 1. The third kappa shape index (κ3) is 2.11. The predicted molar refractivity (Wildman–Crippen MR) is 68.9 cm³/mol. The van der Waals surface area contributed by atoms with E-state index in [1.807, 2.05) is 11.8 Å². The van der Waals surface area contributed by atoms with Crippen molar-refractivity contribution in [3.05, 3.63) is 16.0 Å². The molecular weight excluding hydrogens is 319 g/mol. The Labute approximate surface area is 108 Å². The predicted octanol–water partition coefficient (Wildman–Crippen LogP) is 0.783. The second kappa shape index (κ2) is 4.15. The summed E-state index contributed by atoms with van der Waals surface area (Å²) in [6.07, 6.45) is 4.29. The lowest BCUT2D eigenvalue weighted by atomic mass is 9.89. The summed E-state index contributed by atoms with van der Waals surface area (Å²) in [4.78, 5) is 21.8. The smallest absolute Gasteiger partial charge is 0.225 e. The van der Waals surface area contributed by atoms with Gasteiger partial charge in [0.25, 0.3) is 0 Å². The highest BCUT2D eigenvalue weighted by molar-refractivity contribution is 14.1. The van der Waals surface area contributed by atoms with Crippen LogP contribution in [0.2, 0.25) is 0 Å². The van der Waals surface area contributed by atoms with Gasteiger partial charge in [-0.15, -0.1) is 0 Å². The van der Waals surface area contributed by atoms with Gasteiger partial charge < -0.3 is 10.6 Å². The monoisotopic (exact) mass is 332 g/mol. The topological polar surface area (TPSA) is 72.1 Å². The summed E-state index contributed by atoms with van der Waals surface area (Å²) in [5.41, 5.74) is 4.94. The molecule has 16 heavy (non-hydrogen) atoms. The van der Waals surface area contributed by atoms with Gasteiger partial charge in [-0.25, -0.2) is 9.97 Å². The van der Waals surface area contributed by atoms with Gasteiger partial charge in [-0.2, -0.15) is 0 Å². The molecule has 86 valence electrons. The summed E-state index contributed by atoms with van der Waals surface area (Å²) in [6, 6.07) is 0. The number of anilines is 1. The number of aromatic nitrogens is 2. The molecule has 0 spiro atoms. The second-order valence-corrected chi connectivity index (χ2v) is 5.54. The van der Waals surface area contributed by atoms with Gasteiger partial charge in [0.05, 0.1) is 5.41 Å². The average Bonchev–Trinajstić information content (AvgIpc) is 2.63. The Hall–Kier alpha value is -0.920. The van der Waals surface area contributed by atoms with Crippen molar-refractivity contribution >= 4 is 34.4 Å². The summed E-state index contributed by atoms with van der Waals surface area (Å²) >= 11 is 2.16. The van der Waals surface area contributed by atoms with Crippen LogP contribution < -0.4 is 10.6 Å². The molecule has 1 aromatic heterocycles. The number of amides is 1. The molecule has 2 rings (SSSR count). The summed E-state index contributed by atoms with van der Waals surface area (Å²) in [5.74, 6) is 0.422. The molecule has 1 unspecified atom stereocenters. The third-order valence-corrected chi connectivity index (χ3v) is 3.51.